The number of anilines is 1. The average Bonchev–Trinajstić information content (AvgIpc) is 2.93. The summed E-state index contributed by atoms with van der Waals surface area (Å²) >= 11 is 13.9. The van der Waals surface area contributed by atoms with Gasteiger partial charge in [-0.05, 0) is 31.7 Å². The van der Waals surface area contributed by atoms with Crippen LogP contribution < -0.4 is 19.9 Å². The molecule has 0 unspecified atom stereocenters. The van der Waals surface area contributed by atoms with Crippen LogP contribution in [0.2, 0.25) is 10.0 Å². The first-order valence-electron chi connectivity index (χ1n) is 13.4. The first kappa shape index (κ1) is 38.7. The highest BCUT2D eigenvalue weighted by atomic mass is 127. The molecule has 0 radical (unpaired) electrons. The smallest absolute Gasteiger partial charge is 0.247 e. The van der Waals surface area contributed by atoms with Gasteiger partial charge in [-0.2, -0.15) is 0 Å². The predicted octanol–water partition coefficient (Wildman–Crippen LogP) is 3.52. The van der Waals surface area contributed by atoms with E-state index in [1.165, 1.54) is 0 Å². The second-order valence-electron chi connectivity index (χ2n) is 8.22. The number of nitrogens with one attached hydrogen (secondary N) is 3. The minimum absolute atomic E-state index is 0.0291. The maximum Gasteiger partial charge on any atom is 0.247 e. The number of nitrogens with zero attached hydrogens (tertiary/aromatic N) is 2. The Kier molecular flexibility index (Phi) is 25.8. The number of carbonyl (C=O) groups is 2. The van der Waals surface area contributed by atoms with Gasteiger partial charge in [0.2, 0.25) is 11.8 Å². The Morgan fingerprint density at radius 2 is 1.62 bits per heavy atom. The topological polar surface area (TPSA) is 140 Å². The number of amidine groups is 1. The van der Waals surface area contributed by atoms with Crippen LogP contribution in [0.4, 0.5) is 5.69 Å². The molecule has 40 heavy (non-hydrogen) atoms. The first-order valence-corrected chi connectivity index (χ1v) is 15.2. The fourth-order valence-corrected chi connectivity index (χ4v) is 3.40. The van der Waals surface area contributed by atoms with Crippen molar-refractivity contribution in [3.63, 3.8) is 0 Å². The Bertz CT molecular complexity index is 854. The van der Waals surface area contributed by atoms with Gasteiger partial charge in [0.15, 0.2) is 0 Å². The zero-order chi connectivity index (χ0) is 30.0. The fourth-order valence-electron chi connectivity index (χ4n) is 2.88. The standard InChI is InChI=1S/C24H39Cl2IN6O5.C2H6/c1-33(10-13-37-16-15-36-12-9-31-27)11-14-38-18-24(35)30-7-2-3-23(34)32-22(28)6-8-29-19-4-5-20(25)21(26)17-19;1-2/h4-5,17,29,31H,2-3,6-16,18H2,1H3,(H,30,35)(H2,28,32,34);1-2H3. The third kappa shape index (κ3) is 22.4. The summed E-state index contributed by atoms with van der Waals surface area (Å²) in [5, 5.41) is 6.80. The van der Waals surface area contributed by atoms with Crippen LogP contribution in [-0.4, -0.2) is 102 Å². The van der Waals surface area contributed by atoms with Gasteiger partial charge in [-0.3, -0.25) is 13.1 Å². The van der Waals surface area contributed by atoms with Gasteiger partial charge >= 0.3 is 0 Å². The Morgan fingerprint density at radius 1 is 0.950 bits per heavy atom. The van der Waals surface area contributed by atoms with Crippen molar-refractivity contribution >= 4 is 69.4 Å². The number of hydrogen-bond donors (Lipinski definition) is 4. The molecule has 0 heterocycles. The van der Waals surface area contributed by atoms with Gasteiger partial charge in [-0.25, -0.2) is 4.99 Å². The normalized spacial score (nSPS) is 11.2. The summed E-state index contributed by atoms with van der Waals surface area (Å²) in [5.41, 5.74) is 6.63. The molecular formula is C26H45Cl2IN6O5. The van der Waals surface area contributed by atoms with Gasteiger partial charge in [0, 0.05) is 74.1 Å². The van der Waals surface area contributed by atoms with Crippen LogP contribution in [0.25, 0.3) is 0 Å². The van der Waals surface area contributed by atoms with E-state index in [0.717, 1.165) is 18.8 Å². The summed E-state index contributed by atoms with van der Waals surface area (Å²) in [7, 11) is 1.97. The first-order chi connectivity index (χ1) is 19.3. The minimum atomic E-state index is -0.324. The van der Waals surface area contributed by atoms with Crippen LogP contribution in [0.5, 0.6) is 0 Å². The summed E-state index contributed by atoms with van der Waals surface area (Å²) < 4.78 is 19.3. The predicted molar refractivity (Wildman–Crippen MR) is 172 cm³/mol. The Balaban J connectivity index is 0.00000742. The van der Waals surface area contributed by atoms with E-state index in [2.05, 4.69) is 46.9 Å². The second kappa shape index (κ2) is 26.6. The second-order valence-corrected chi connectivity index (χ2v) is 9.80. The summed E-state index contributed by atoms with van der Waals surface area (Å²) in [4.78, 5) is 29.8. The van der Waals surface area contributed by atoms with Gasteiger partial charge in [-0.15, -0.1) is 0 Å². The molecule has 0 spiro atoms. The van der Waals surface area contributed by atoms with Crippen molar-refractivity contribution in [2.45, 2.75) is 33.1 Å². The summed E-state index contributed by atoms with van der Waals surface area (Å²) in [5.74, 6) is -0.307. The summed E-state index contributed by atoms with van der Waals surface area (Å²) in [6, 6.07) is 5.21. The fraction of sp³-hybridized carbons (Fsp3) is 0.654. The number of ether oxygens (including phenoxy) is 3. The van der Waals surface area contributed by atoms with Crippen LogP contribution in [0.15, 0.2) is 23.2 Å². The number of nitrogens with two attached hydrogens (primary N) is 1. The molecule has 1 rings (SSSR count). The molecule has 0 bridgehead atoms. The number of carbonyl (C=O) groups excluding carboxylic acids is 2. The molecule has 2 amide bonds. The molecular weight excluding hydrogens is 674 g/mol. The van der Waals surface area contributed by atoms with Crippen LogP contribution in [0.1, 0.15) is 33.1 Å². The molecule has 0 fully saturated rings. The lowest BCUT2D eigenvalue weighted by Crippen LogP contribution is -2.31. The Labute approximate surface area is 262 Å². The highest BCUT2D eigenvalue weighted by Crippen LogP contribution is 2.24. The highest BCUT2D eigenvalue weighted by molar-refractivity contribution is 14.1. The molecule has 5 N–H and O–H groups in total. The van der Waals surface area contributed by atoms with E-state index in [4.69, 9.17) is 43.1 Å². The molecule has 11 nitrogen and oxygen atoms in total. The summed E-state index contributed by atoms with van der Waals surface area (Å²) in [6.07, 6.45) is 1.05. The van der Waals surface area contributed by atoms with E-state index in [0.29, 0.717) is 75.6 Å². The number of rotatable bonds is 22. The van der Waals surface area contributed by atoms with E-state index in [1.54, 1.807) is 18.2 Å². The van der Waals surface area contributed by atoms with Gasteiger partial charge in [-0.1, -0.05) is 37.0 Å². The van der Waals surface area contributed by atoms with Gasteiger partial charge in [0.25, 0.3) is 0 Å². The monoisotopic (exact) mass is 718 g/mol. The largest absolute Gasteiger partial charge is 0.387 e. The van der Waals surface area contributed by atoms with Crippen molar-refractivity contribution in [1.29, 1.82) is 0 Å². The third-order valence-corrected chi connectivity index (χ3v) is 6.25. The molecule has 0 aliphatic rings. The molecule has 0 saturated carbocycles. The van der Waals surface area contributed by atoms with Crippen molar-refractivity contribution in [2.24, 2.45) is 10.7 Å². The van der Waals surface area contributed by atoms with E-state index < -0.39 is 0 Å². The van der Waals surface area contributed by atoms with E-state index in [-0.39, 0.29) is 30.7 Å². The molecule has 0 atom stereocenters. The number of benzene rings is 1. The summed E-state index contributed by atoms with van der Waals surface area (Å²) in [6.45, 7) is 9.94. The Hall–Kier alpha value is -1.26. The molecule has 1 aromatic carbocycles. The molecule has 0 saturated heterocycles. The van der Waals surface area contributed by atoms with Gasteiger partial charge in [0.1, 0.15) is 12.4 Å². The Morgan fingerprint density at radius 3 is 2.30 bits per heavy atom. The quantitative estimate of drug-likeness (QED) is 0.0467. The number of amides is 2. The van der Waals surface area contributed by atoms with Crippen molar-refractivity contribution in [3.05, 3.63) is 28.2 Å². The van der Waals surface area contributed by atoms with Gasteiger partial charge < -0.3 is 35.5 Å². The molecule has 0 aliphatic carbocycles. The zero-order valence-electron chi connectivity index (χ0n) is 23.8. The molecule has 0 aromatic heterocycles. The van der Waals surface area contributed by atoms with Crippen molar-refractivity contribution in [2.75, 3.05) is 84.7 Å². The highest BCUT2D eigenvalue weighted by Gasteiger charge is 2.06. The zero-order valence-corrected chi connectivity index (χ0v) is 27.4. The lowest BCUT2D eigenvalue weighted by atomic mass is 10.3. The van der Waals surface area contributed by atoms with Crippen molar-refractivity contribution in [1.82, 2.24) is 13.7 Å². The van der Waals surface area contributed by atoms with Crippen molar-refractivity contribution in [3.8, 4) is 0 Å². The van der Waals surface area contributed by atoms with Crippen LogP contribution in [0, 0.1) is 0 Å². The van der Waals surface area contributed by atoms with Crippen LogP contribution >= 0.6 is 46.1 Å². The minimum Gasteiger partial charge on any atom is -0.387 e. The van der Waals surface area contributed by atoms with E-state index in [9.17, 15) is 9.59 Å². The number of hydrogen-bond acceptors (Lipinski definition) is 8. The molecule has 1 aromatic rings. The SMILES string of the molecule is CC.CN(CCOCCOCCNI)CCOCC(=O)NCCCC(=O)N=C(N)CCNc1ccc(Cl)c(Cl)c1. The number of aliphatic imine (C=N–C) groups is 1. The van der Waals surface area contributed by atoms with Crippen LogP contribution in [0.3, 0.4) is 0 Å². The molecule has 0 aliphatic heterocycles. The maximum atomic E-state index is 12.0. The number of likely N-dealkylation sites (N-methyl/N-ethyl adjacent to an activating group) is 1. The van der Waals surface area contributed by atoms with E-state index in [1.807, 2.05) is 20.9 Å². The van der Waals surface area contributed by atoms with Gasteiger partial charge in [0.05, 0.1) is 43.1 Å². The maximum absolute atomic E-state index is 12.0. The van der Waals surface area contributed by atoms with Crippen LogP contribution in [-0.2, 0) is 23.8 Å². The van der Waals surface area contributed by atoms with E-state index >= 15 is 0 Å². The molecule has 14 heteroatoms. The lowest BCUT2D eigenvalue weighted by molar-refractivity contribution is -0.126. The average molecular weight is 719 g/mol. The lowest BCUT2D eigenvalue weighted by Gasteiger charge is -2.16. The third-order valence-electron chi connectivity index (χ3n) is 4.97. The van der Waals surface area contributed by atoms with Crippen molar-refractivity contribution < 1.29 is 23.8 Å². The number of halogens is 3. The molecule has 230 valence electrons.